The summed E-state index contributed by atoms with van der Waals surface area (Å²) in [6.45, 7) is 7.27. The number of rotatable bonds is 7. The maximum absolute atomic E-state index is 12.6. The van der Waals surface area contributed by atoms with Gasteiger partial charge in [0.15, 0.2) is 11.5 Å². The van der Waals surface area contributed by atoms with Crippen LogP contribution < -0.4 is 14.8 Å². The van der Waals surface area contributed by atoms with Crippen LogP contribution in [0, 0.1) is 0 Å². The third-order valence-corrected chi connectivity index (χ3v) is 5.62. The number of nitrogens with zero attached hydrogens (tertiary/aromatic N) is 2. The zero-order chi connectivity index (χ0) is 20.1. The summed E-state index contributed by atoms with van der Waals surface area (Å²) in [6, 6.07) is 14.5. The summed E-state index contributed by atoms with van der Waals surface area (Å²) in [5.74, 6) is 1.52. The van der Waals surface area contributed by atoms with Gasteiger partial charge in [-0.1, -0.05) is 30.3 Å². The van der Waals surface area contributed by atoms with Crippen molar-refractivity contribution in [3.05, 3.63) is 59.2 Å². The van der Waals surface area contributed by atoms with E-state index in [9.17, 15) is 4.79 Å². The van der Waals surface area contributed by atoms with E-state index in [1.807, 2.05) is 30.0 Å². The highest BCUT2D eigenvalue weighted by molar-refractivity contribution is 5.74. The van der Waals surface area contributed by atoms with E-state index in [-0.39, 0.29) is 12.8 Å². The fraction of sp³-hybridized carbons (Fsp3) is 0.435. The fourth-order valence-electron chi connectivity index (χ4n) is 3.94. The maximum atomic E-state index is 12.6. The first-order valence-corrected chi connectivity index (χ1v) is 10.4. The summed E-state index contributed by atoms with van der Waals surface area (Å²) in [5, 5.41) is 3.07. The molecule has 2 aromatic rings. The van der Waals surface area contributed by atoms with Gasteiger partial charge in [-0.3, -0.25) is 4.90 Å². The van der Waals surface area contributed by atoms with Crippen LogP contribution in [-0.2, 0) is 19.5 Å². The lowest BCUT2D eigenvalue weighted by atomic mass is 10.00. The van der Waals surface area contributed by atoms with Gasteiger partial charge in [0.05, 0.1) is 0 Å². The zero-order valence-electron chi connectivity index (χ0n) is 17.0. The second kappa shape index (κ2) is 9.18. The van der Waals surface area contributed by atoms with Crippen molar-refractivity contribution < 1.29 is 14.3 Å². The van der Waals surface area contributed by atoms with Gasteiger partial charge < -0.3 is 19.7 Å². The molecule has 2 amide bonds. The summed E-state index contributed by atoms with van der Waals surface area (Å²) in [6.07, 6.45) is 2.07. The lowest BCUT2D eigenvalue weighted by Crippen LogP contribution is -2.40. The molecule has 2 heterocycles. The second-order valence-electron chi connectivity index (χ2n) is 7.58. The first-order valence-electron chi connectivity index (χ1n) is 10.4. The molecule has 0 radical (unpaired) electrons. The van der Waals surface area contributed by atoms with E-state index in [4.69, 9.17) is 9.47 Å². The number of carbonyl (C=O) groups is 1. The van der Waals surface area contributed by atoms with Gasteiger partial charge in [0.2, 0.25) is 6.79 Å². The average Bonchev–Trinajstić information content (AvgIpc) is 3.22. The topological polar surface area (TPSA) is 54.0 Å². The van der Waals surface area contributed by atoms with E-state index < -0.39 is 0 Å². The van der Waals surface area contributed by atoms with Gasteiger partial charge in [-0.15, -0.1) is 0 Å². The monoisotopic (exact) mass is 395 g/mol. The number of fused-ring (bicyclic) bond motifs is 2. The van der Waals surface area contributed by atoms with Crippen molar-refractivity contribution in [1.82, 2.24) is 15.1 Å². The summed E-state index contributed by atoms with van der Waals surface area (Å²) < 4.78 is 10.8. The predicted molar refractivity (Wildman–Crippen MR) is 112 cm³/mol. The standard InChI is InChI=1S/C23H29N3O3/c1-2-26(15-18-8-9-21-22(14-18)29-17-28-21)23(27)24-11-5-12-25-13-10-19-6-3-4-7-20(19)16-25/h3-4,6-9,14H,2,5,10-13,15-17H2,1H3,(H,24,27). The van der Waals surface area contributed by atoms with Gasteiger partial charge in [0.1, 0.15) is 0 Å². The molecule has 0 aliphatic carbocycles. The van der Waals surface area contributed by atoms with Gasteiger partial charge in [-0.05, 0) is 48.6 Å². The molecule has 6 heteroatoms. The van der Waals surface area contributed by atoms with Crippen molar-refractivity contribution in [3.63, 3.8) is 0 Å². The van der Waals surface area contributed by atoms with Crippen LogP contribution in [0.3, 0.4) is 0 Å². The van der Waals surface area contributed by atoms with Crippen molar-refractivity contribution in [1.29, 1.82) is 0 Å². The minimum absolute atomic E-state index is 0.0193. The zero-order valence-corrected chi connectivity index (χ0v) is 17.0. The molecule has 29 heavy (non-hydrogen) atoms. The van der Waals surface area contributed by atoms with Crippen molar-refractivity contribution in [3.8, 4) is 11.5 Å². The number of benzene rings is 2. The van der Waals surface area contributed by atoms with E-state index in [2.05, 4.69) is 34.5 Å². The Morgan fingerprint density at radius 1 is 1.14 bits per heavy atom. The molecule has 0 unspecified atom stereocenters. The molecule has 0 spiro atoms. The Kier molecular flexibility index (Phi) is 6.20. The number of amides is 2. The average molecular weight is 396 g/mol. The third kappa shape index (κ3) is 4.82. The van der Waals surface area contributed by atoms with Crippen LogP contribution in [0.2, 0.25) is 0 Å². The van der Waals surface area contributed by atoms with Gasteiger partial charge in [-0.25, -0.2) is 4.79 Å². The molecular formula is C23H29N3O3. The molecule has 6 nitrogen and oxygen atoms in total. The van der Waals surface area contributed by atoms with E-state index in [0.29, 0.717) is 19.6 Å². The number of urea groups is 1. The molecule has 1 N–H and O–H groups in total. The Bertz CT molecular complexity index is 855. The van der Waals surface area contributed by atoms with E-state index in [1.165, 1.54) is 11.1 Å². The Labute approximate surface area is 172 Å². The number of hydrogen-bond acceptors (Lipinski definition) is 4. The normalized spacial score (nSPS) is 15.1. The van der Waals surface area contributed by atoms with Crippen LogP contribution in [0.1, 0.15) is 30.0 Å². The van der Waals surface area contributed by atoms with E-state index in [1.54, 1.807) is 0 Å². The first-order chi connectivity index (χ1) is 14.2. The summed E-state index contributed by atoms with van der Waals surface area (Å²) >= 11 is 0. The van der Waals surface area contributed by atoms with E-state index >= 15 is 0 Å². The molecule has 0 saturated heterocycles. The molecule has 2 aliphatic heterocycles. The largest absolute Gasteiger partial charge is 0.454 e. The number of hydrogen-bond donors (Lipinski definition) is 1. The Morgan fingerprint density at radius 2 is 1.97 bits per heavy atom. The third-order valence-electron chi connectivity index (χ3n) is 5.62. The van der Waals surface area contributed by atoms with Gasteiger partial charge >= 0.3 is 6.03 Å². The quantitative estimate of drug-likeness (QED) is 0.730. The highest BCUT2D eigenvalue weighted by Crippen LogP contribution is 2.32. The number of nitrogens with one attached hydrogen (secondary N) is 1. The highest BCUT2D eigenvalue weighted by atomic mass is 16.7. The SMILES string of the molecule is CCN(Cc1ccc2c(c1)OCO2)C(=O)NCCCN1CCc2ccccc2C1. The van der Waals surface area contributed by atoms with Crippen molar-refractivity contribution in [2.75, 3.05) is 33.0 Å². The second-order valence-corrected chi connectivity index (χ2v) is 7.58. The van der Waals surface area contributed by atoms with E-state index in [0.717, 1.165) is 49.5 Å². The van der Waals surface area contributed by atoms with Gasteiger partial charge in [0, 0.05) is 39.3 Å². The molecule has 0 bridgehead atoms. The predicted octanol–water partition coefficient (Wildman–Crippen LogP) is 3.40. The molecular weight excluding hydrogens is 366 g/mol. The molecule has 0 aromatic heterocycles. The molecule has 0 atom stereocenters. The lowest BCUT2D eigenvalue weighted by Gasteiger charge is -2.28. The molecule has 0 saturated carbocycles. The first kappa shape index (κ1) is 19.6. The van der Waals surface area contributed by atoms with Crippen LogP contribution in [0.5, 0.6) is 11.5 Å². The van der Waals surface area contributed by atoms with Crippen LogP contribution in [0.4, 0.5) is 4.79 Å². The van der Waals surface area contributed by atoms with Crippen LogP contribution >= 0.6 is 0 Å². The molecule has 154 valence electrons. The van der Waals surface area contributed by atoms with Crippen molar-refractivity contribution in [2.45, 2.75) is 32.9 Å². The van der Waals surface area contributed by atoms with Gasteiger partial charge in [0.25, 0.3) is 0 Å². The molecule has 2 aliphatic rings. The van der Waals surface area contributed by atoms with Crippen LogP contribution in [-0.4, -0.2) is 48.8 Å². The maximum Gasteiger partial charge on any atom is 0.317 e. The van der Waals surface area contributed by atoms with Crippen molar-refractivity contribution in [2.24, 2.45) is 0 Å². The Morgan fingerprint density at radius 3 is 2.83 bits per heavy atom. The van der Waals surface area contributed by atoms with Gasteiger partial charge in [-0.2, -0.15) is 0 Å². The summed E-state index contributed by atoms with van der Waals surface area (Å²) in [7, 11) is 0. The lowest BCUT2D eigenvalue weighted by molar-refractivity contribution is 0.173. The minimum atomic E-state index is -0.0193. The Balaban J connectivity index is 1.20. The smallest absolute Gasteiger partial charge is 0.317 e. The van der Waals surface area contributed by atoms with Crippen molar-refractivity contribution >= 4 is 6.03 Å². The minimum Gasteiger partial charge on any atom is -0.454 e. The molecule has 2 aromatic carbocycles. The summed E-state index contributed by atoms with van der Waals surface area (Å²) in [4.78, 5) is 16.9. The Hall–Kier alpha value is -2.73. The molecule has 4 rings (SSSR count). The summed E-state index contributed by atoms with van der Waals surface area (Å²) in [5.41, 5.74) is 3.95. The van der Waals surface area contributed by atoms with Crippen LogP contribution in [0.15, 0.2) is 42.5 Å². The van der Waals surface area contributed by atoms with Crippen LogP contribution in [0.25, 0.3) is 0 Å². The molecule has 0 fully saturated rings. The fourth-order valence-corrected chi connectivity index (χ4v) is 3.94. The highest BCUT2D eigenvalue weighted by Gasteiger charge is 2.17. The number of ether oxygens (including phenoxy) is 2. The number of carbonyl (C=O) groups excluding carboxylic acids is 1.